The van der Waals surface area contributed by atoms with E-state index in [1.807, 2.05) is 16.8 Å². The predicted octanol–water partition coefficient (Wildman–Crippen LogP) is 0.896. The van der Waals surface area contributed by atoms with Crippen LogP contribution in [0.25, 0.3) is 0 Å². The van der Waals surface area contributed by atoms with Crippen LogP contribution in [-0.4, -0.2) is 31.0 Å². The van der Waals surface area contributed by atoms with Crippen LogP contribution in [0.2, 0.25) is 0 Å². The third-order valence-corrected chi connectivity index (χ3v) is 4.25. The molecule has 5 nitrogen and oxygen atoms in total. The lowest BCUT2D eigenvalue weighted by atomic mass is 10.1. The SMILES string of the molecule is CS(=O)(=O)c1cnn(C(CN)c2ccsc2)c1. The maximum absolute atomic E-state index is 11.4. The topological polar surface area (TPSA) is 78.0 Å². The molecular formula is C10H13N3O2S2. The summed E-state index contributed by atoms with van der Waals surface area (Å²) < 4.78 is 24.3. The average molecular weight is 271 g/mol. The van der Waals surface area contributed by atoms with Gasteiger partial charge in [-0.15, -0.1) is 0 Å². The molecule has 0 saturated carbocycles. The van der Waals surface area contributed by atoms with E-state index in [-0.39, 0.29) is 10.9 Å². The number of nitrogens with two attached hydrogens (primary N) is 1. The number of aromatic nitrogens is 2. The summed E-state index contributed by atoms with van der Waals surface area (Å²) in [7, 11) is -3.21. The van der Waals surface area contributed by atoms with Gasteiger partial charge < -0.3 is 5.73 Å². The number of rotatable bonds is 4. The first-order valence-corrected chi connectivity index (χ1v) is 7.82. The van der Waals surface area contributed by atoms with Gasteiger partial charge in [0.05, 0.1) is 12.2 Å². The van der Waals surface area contributed by atoms with E-state index in [1.54, 1.807) is 16.0 Å². The molecule has 7 heteroatoms. The van der Waals surface area contributed by atoms with E-state index in [0.717, 1.165) is 11.8 Å². The number of hydrogen-bond acceptors (Lipinski definition) is 5. The molecule has 0 aliphatic heterocycles. The number of nitrogens with zero attached hydrogens (tertiary/aromatic N) is 2. The highest BCUT2D eigenvalue weighted by molar-refractivity contribution is 7.90. The Morgan fingerprint density at radius 1 is 1.59 bits per heavy atom. The van der Waals surface area contributed by atoms with Crippen molar-refractivity contribution in [2.75, 3.05) is 12.8 Å². The van der Waals surface area contributed by atoms with E-state index in [2.05, 4.69) is 5.10 Å². The molecule has 2 rings (SSSR count). The van der Waals surface area contributed by atoms with E-state index in [9.17, 15) is 8.42 Å². The normalized spacial score (nSPS) is 13.8. The van der Waals surface area contributed by atoms with Crippen LogP contribution in [-0.2, 0) is 9.84 Å². The molecule has 92 valence electrons. The van der Waals surface area contributed by atoms with Crippen LogP contribution in [0.3, 0.4) is 0 Å². The zero-order valence-corrected chi connectivity index (χ0v) is 10.9. The monoisotopic (exact) mass is 271 g/mol. The van der Waals surface area contributed by atoms with E-state index in [4.69, 9.17) is 5.73 Å². The van der Waals surface area contributed by atoms with Gasteiger partial charge in [-0.1, -0.05) is 0 Å². The van der Waals surface area contributed by atoms with Gasteiger partial charge in [0.15, 0.2) is 9.84 Å². The van der Waals surface area contributed by atoms with E-state index in [0.29, 0.717) is 6.54 Å². The van der Waals surface area contributed by atoms with Gasteiger partial charge in [0.25, 0.3) is 0 Å². The first kappa shape index (κ1) is 12.3. The fraction of sp³-hybridized carbons (Fsp3) is 0.300. The van der Waals surface area contributed by atoms with Crippen LogP contribution in [0.1, 0.15) is 11.6 Å². The van der Waals surface area contributed by atoms with Gasteiger partial charge in [0.1, 0.15) is 4.90 Å². The summed E-state index contributed by atoms with van der Waals surface area (Å²) in [6.45, 7) is 0.377. The van der Waals surface area contributed by atoms with Crippen LogP contribution < -0.4 is 5.73 Å². The molecule has 0 bridgehead atoms. The van der Waals surface area contributed by atoms with Gasteiger partial charge in [-0.2, -0.15) is 16.4 Å². The van der Waals surface area contributed by atoms with Crippen molar-refractivity contribution in [3.8, 4) is 0 Å². The summed E-state index contributed by atoms with van der Waals surface area (Å²) in [4.78, 5) is 0.214. The van der Waals surface area contributed by atoms with E-state index >= 15 is 0 Å². The van der Waals surface area contributed by atoms with Crippen LogP contribution in [0.5, 0.6) is 0 Å². The summed E-state index contributed by atoms with van der Waals surface area (Å²) >= 11 is 1.58. The lowest BCUT2D eigenvalue weighted by Gasteiger charge is -2.13. The molecule has 0 spiro atoms. The Labute approximate surface area is 104 Å². The predicted molar refractivity (Wildman–Crippen MR) is 66.8 cm³/mol. The molecule has 1 unspecified atom stereocenters. The lowest BCUT2D eigenvalue weighted by Crippen LogP contribution is -2.20. The second kappa shape index (κ2) is 4.59. The number of thiophene rings is 1. The molecule has 0 saturated heterocycles. The summed E-state index contributed by atoms with van der Waals surface area (Å²) in [5, 5.41) is 8.01. The molecule has 2 N–H and O–H groups in total. The lowest BCUT2D eigenvalue weighted by molar-refractivity contribution is 0.532. The van der Waals surface area contributed by atoms with Crippen molar-refractivity contribution in [1.82, 2.24) is 9.78 Å². The van der Waals surface area contributed by atoms with Crippen molar-refractivity contribution < 1.29 is 8.42 Å². The molecule has 0 aliphatic carbocycles. The maximum atomic E-state index is 11.4. The summed E-state index contributed by atoms with van der Waals surface area (Å²) in [5.74, 6) is 0. The van der Waals surface area contributed by atoms with Gasteiger partial charge in [-0.05, 0) is 22.4 Å². The minimum atomic E-state index is -3.21. The minimum Gasteiger partial charge on any atom is -0.328 e. The van der Waals surface area contributed by atoms with Crippen molar-refractivity contribution in [2.45, 2.75) is 10.9 Å². The molecule has 1 atom stereocenters. The molecule has 0 amide bonds. The standard InChI is InChI=1S/C10H13N3O2S2/c1-17(14,15)9-5-12-13(6-9)10(4-11)8-2-3-16-7-8/h2-3,5-7,10H,4,11H2,1H3. The summed E-state index contributed by atoms with van der Waals surface area (Å²) in [6, 6.07) is 1.85. The Bertz CT molecular complexity index is 587. The zero-order chi connectivity index (χ0) is 12.5. The zero-order valence-electron chi connectivity index (χ0n) is 9.28. The second-order valence-corrected chi connectivity index (χ2v) is 6.53. The molecule has 17 heavy (non-hydrogen) atoms. The highest BCUT2D eigenvalue weighted by Crippen LogP contribution is 2.20. The van der Waals surface area contributed by atoms with Gasteiger partial charge in [-0.3, -0.25) is 4.68 Å². The first-order chi connectivity index (χ1) is 8.02. The van der Waals surface area contributed by atoms with E-state index < -0.39 is 9.84 Å². The quantitative estimate of drug-likeness (QED) is 0.896. The van der Waals surface area contributed by atoms with Crippen molar-refractivity contribution in [1.29, 1.82) is 0 Å². The third kappa shape index (κ3) is 2.56. The highest BCUT2D eigenvalue weighted by atomic mass is 32.2. The van der Waals surface area contributed by atoms with Crippen LogP contribution in [0, 0.1) is 0 Å². The maximum Gasteiger partial charge on any atom is 0.178 e. The Balaban J connectivity index is 2.36. The highest BCUT2D eigenvalue weighted by Gasteiger charge is 2.16. The van der Waals surface area contributed by atoms with Crippen molar-refractivity contribution in [3.63, 3.8) is 0 Å². The van der Waals surface area contributed by atoms with Gasteiger partial charge in [0, 0.05) is 19.0 Å². The molecule has 0 aliphatic rings. The van der Waals surface area contributed by atoms with Crippen LogP contribution in [0.15, 0.2) is 34.1 Å². The largest absolute Gasteiger partial charge is 0.328 e. The molecule has 0 radical (unpaired) electrons. The summed E-state index contributed by atoms with van der Waals surface area (Å²) in [5.41, 5.74) is 6.75. The van der Waals surface area contributed by atoms with Crippen molar-refractivity contribution in [3.05, 3.63) is 34.8 Å². The van der Waals surface area contributed by atoms with Gasteiger partial charge in [-0.25, -0.2) is 8.42 Å². The van der Waals surface area contributed by atoms with Crippen molar-refractivity contribution in [2.24, 2.45) is 5.73 Å². The first-order valence-electron chi connectivity index (χ1n) is 4.98. The van der Waals surface area contributed by atoms with Crippen LogP contribution in [0.4, 0.5) is 0 Å². The Morgan fingerprint density at radius 2 is 2.35 bits per heavy atom. The minimum absolute atomic E-state index is 0.114. The smallest absolute Gasteiger partial charge is 0.178 e. The van der Waals surface area contributed by atoms with Crippen molar-refractivity contribution >= 4 is 21.2 Å². The fourth-order valence-corrected chi connectivity index (χ4v) is 2.79. The van der Waals surface area contributed by atoms with E-state index in [1.165, 1.54) is 12.4 Å². The molecule has 2 heterocycles. The third-order valence-electron chi connectivity index (χ3n) is 2.48. The molecule has 2 aromatic heterocycles. The average Bonchev–Trinajstić information content (AvgIpc) is 2.87. The number of sulfone groups is 1. The Morgan fingerprint density at radius 3 is 2.82 bits per heavy atom. The number of hydrogen-bond donors (Lipinski definition) is 1. The molecule has 0 aromatic carbocycles. The molecular weight excluding hydrogens is 258 g/mol. The molecule has 2 aromatic rings. The fourth-order valence-electron chi connectivity index (χ4n) is 1.54. The molecule has 0 fully saturated rings. The second-order valence-electron chi connectivity index (χ2n) is 3.74. The van der Waals surface area contributed by atoms with Gasteiger partial charge >= 0.3 is 0 Å². The Kier molecular flexibility index (Phi) is 3.32. The van der Waals surface area contributed by atoms with Crippen LogP contribution >= 0.6 is 11.3 Å². The Hall–Kier alpha value is -1.18. The summed E-state index contributed by atoms with van der Waals surface area (Å²) in [6.07, 6.45) is 4.03. The van der Waals surface area contributed by atoms with Gasteiger partial charge in [0.2, 0.25) is 0 Å².